The van der Waals surface area contributed by atoms with Crippen molar-refractivity contribution in [3.63, 3.8) is 0 Å². The number of aliphatic hydroxyl groups is 1. The Bertz CT molecular complexity index is 258. The monoisotopic (exact) mass is 252 g/mol. The minimum absolute atomic E-state index is 0.134. The van der Waals surface area contributed by atoms with E-state index in [2.05, 4.69) is 0 Å². The van der Waals surface area contributed by atoms with E-state index in [1.54, 1.807) is 0 Å². The second-order valence-corrected chi connectivity index (χ2v) is 6.41. The number of hydrogen-bond donors (Lipinski definition) is 1. The Morgan fingerprint density at radius 3 is 2.11 bits per heavy atom. The molecule has 0 aromatic rings. The third-order valence-corrected chi connectivity index (χ3v) is 4.95. The highest BCUT2D eigenvalue weighted by Gasteiger charge is 2.35. The molecule has 2 heteroatoms. The molecule has 1 N–H and O–H groups in total. The van der Waals surface area contributed by atoms with Crippen LogP contribution in [-0.4, -0.2) is 16.5 Å². The molecule has 2 aliphatic carbocycles. The van der Waals surface area contributed by atoms with Crippen molar-refractivity contribution in [1.29, 1.82) is 0 Å². The lowest BCUT2D eigenvalue weighted by Gasteiger charge is -2.27. The van der Waals surface area contributed by atoms with Gasteiger partial charge in [-0.25, -0.2) is 0 Å². The molecule has 0 radical (unpaired) electrons. The van der Waals surface area contributed by atoms with Crippen molar-refractivity contribution in [1.82, 2.24) is 0 Å². The maximum Gasteiger partial charge on any atom is 0.164 e. The Balaban J connectivity index is 1.78. The zero-order valence-corrected chi connectivity index (χ0v) is 11.6. The summed E-state index contributed by atoms with van der Waals surface area (Å²) in [4.78, 5) is 12.3. The van der Waals surface area contributed by atoms with Crippen LogP contribution in [0.1, 0.15) is 83.5 Å². The van der Waals surface area contributed by atoms with Crippen LogP contribution in [0.3, 0.4) is 0 Å². The molecule has 0 aromatic heterocycles. The molecule has 0 spiro atoms. The molecule has 0 saturated heterocycles. The average molecular weight is 252 g/mol. The molecule has 18 heavy (non-hydrogen) atoms. The van der Waals surface area contributed by atoms with Gasteiger partial charge in [0.1, 0.15) is 5.60 Å². The molecule has 0 aliphatic heterocycles. The second-order valence-electron chi connectivity index (χ2n) is 6.41. The maximum atomic E-state index is 12.3. The maximum absolute atomic E-state index is 12.3. The lowest BCUT2D eigenvalue weighted by atomic mass is 9.82. The quantitative estimate of drug-likeness (QED) is 0.768. The van der Waals surface area contributed by atoms with Gasteiger partial charge in [0.25, 0.3) is 0 Å². The number of hydrogen-bond acceptors (Lipinski definition) is 2. The molecule has 2 saturated carbocycles. The zero-order chi connectivity index (χ0) is 12.8. The summed E-state index contributed by atoms with van der Waals surface area (Å²) in [6.07, 6.45) is 14.1. The summed E-state index contributed by atoms with van der Waals surface area (Å²) < 4.78 is 0. The molecule has 2 aliphatic rings. The van der Waals surface area contributed by atoms with Gasteiger partial charge in [-0.2, -0.15) is 0 Å². The van der Waals surface area contributed by atoms with Gasteiger partial charge in [0.05, 0.1) is 0 Å². The highest BCUT2D eigenvalue weighted by Crippen LogP contribution is 2.32. The highest BCUT2D eigenvalue weighted by molar-refractivity contribution is 5.87. The van der Waals surface area contributed by atoms with E-state index in [1.165, 1.54) is 44.9 Å². The van der Waals surface area contributed by atoms with Crippen molar-refractivity contribution in [2.75, 3.05) is 0 Å². The van der Waals surface area contributed by atoms with Crippen LogP contribution in [0.2, 0.25) is 0 Å². The van der Waals surface area contributed by atoms with Crippen molar-refractivity contribution in [3.8, 4) is 0 Å². The largest absolute Gasteiger partial charge is 0.382 e. The van der Waals surface area contributed by atoms with Crippen LogP contribution in [0.15, 0.2) is 0 Å². The van der Waals surface area contributed by atoms with Crippen LogP contribution in [-0.2, 0) is 4.79 Å². The molecule has 0 bridgehead atoms. The summed E-state index contributed by atoms with van der Waals surface area (Å²) in [6.45, 7) is 0. The third-order valence-electron chi connectivity index (χ3n) is 4.95. The van der Waals surface area contributed by atoms with Crippen molar-refractivity contribution in [2.45, 2.75) is 89.1 Å². The fraction of sp³-hybridized carbons (Fsp3) is 0.938. The van der Waals surface area contributed by atoms with Gasteiger partial charge in [-0.15, -0.1) is 0 Å². The van der Waals surface area contributed by atoms with Gasteiger partial charge in [0, 0.05) is 6.42 Å². The van der Waals surface area contributed by atoms with E-state index in [9.17, 15) is 9.90 Å². The van der Waals surface area contributed by atoms with Crippen LogP contribution in [0.25, 0.3) is 0 Å². The Morgan fingerprint density at radius 2 is 1.50 bits per heavy atom. The summed E-state index contributed by atoms with van der Waals surface area (Å²) in [5, 5.41) is 10.5. The Hall–Kier alpha value is -0.370. The smallest absolute Gasteiger partial charge is 0.164 e. The topological polar surface area (TPSA) is 37.3 Å². The molecular formula is C16H28O2. The van der Waals surface area contributed by atoms with Crippen molar-refractivity contribution >= 4 is 5.78 Å². The van der Waals surface area contributed by atoms with Crippen molar-refractivity contribution in [2.24, 2.45) is 5.92 Å². The van der Waals surface area contributed by atoms with Crippen LogP contribution in [0.5, 0.6) is 0 Å². The predicted molar refractivity (Wildman–Crippen MR) is 73.5 cm³/mol. The summed E-state index contributed by atoms with van der Waals surface area (Å²) in [6, 6.07) is 0. The van der Waals surface area contributed by atoms with E-state index in [0.717, 1.165) is 25.2 Å². The van der Waals surface area contributed by atoms with E-state index < -0.39 is 5.60 Å². The summed E-state index contributed by atoms with van der Waals surface area (Å²) in [5.41, 5.74) is -0.967. The molecule has 0 amide bonds. The third kappa shape index (κ3) is 3.81. The van der Waals surface area contributed by atoms with E-state index in [4.69, 9.17) is 0 Å². The van der Waals surface area contributed by atoms with Crippen LogP contribution < -0.4 is 0 Å². The van der Waals surface area contributed by atoms with Crippen LogP contribution >= 0.6 is 0 Å². The first-order valence-corrected chi connectivity index (χ1v) is 7.96. The molecule has 2 fully saturated rings. The van der Waals surface area contributed by atoms with Gasteiger partial charge in [-0.1, -0.05) is 57.8 Å². The Morgan fingerprint density at radius 1 is 0.944 bits per heavy atom. The van der Waals surface area contributed by atoms with E-state index in [1.807, 2.05) is 0 Å². The van der Waals surface area contributed by atoms with E-state index in [0.29, 0.717) is 19.3 Å². The first-order chi connectivity index (χ1) is 8.71. The van der Waals surface area contributed by atoms with E-state index in [-0.39, 0.29) is 5.78 Å². The first kappa shape index (κ1) is 14.0. The average Bonchev–Trinajstić information content (AvgIpc) is 2.63. The fourth-order valence-corrected chi connectivity index (χ4v) is 3.64. The SMILES string of the molecule is O=C(CCC1CCCCC1)C1(O)CCCCCC1. The molecule has 2 nitrogen and oxygen atoms in total. The predicted octanol–water partition coefficient (Wildman–Crippen LogP) is 4.00. The number of rotatable bonds is 4. The molecule has 0 aromatic carbocycles. The Labute approximate surface area is 111 Å². The minimum atomic E-state index is -0.967. The number of ketones is 1. The molecule has 2 rings (SSSR count). The summed E-state index contributed by atoms with van der Waals surface area (Å²) in [7, 11) is 0. The van der Waals surface area contributed by atoms with Crippen molar-refractivity contribution < 1.29 is 9.90 Å². The highest BCUT2D eigenvalue weighted by atomic mass is 16.3. The molecule has 0 heterocycles. The fourth-order valence-electron chi connectivity index (χ4n) is 3.64. The van der Waals surface area contributed by atoms with Gasteiger partial charge in [0.15, 0.2) is 5.78 Å². The second kappa shape index (κ2) is 6.70. The van der Waals surface area contributed by atoms with Gasteiger partial charge in [-0.3, -0.25) is 4.79 Å². The molecule has 104 valence electrons. The van der Waals surface area contributed by atoms with Gasteiger partial charge >= 0.3 is 0 Å². The van der Waals surface area contributed by atoms with Crippen molar-refractivity contribution in [3.05, 3.63) is 0 Å². The summed E-state index contributed by atoms with van der Waals surface area (Å²) >= 11 is 0. The van der Waals surface area contributed by atoms with Crippen LogP contribution in [0, 0.1) is 5.92 Å². The van der Waals surface area contributed by atoms with E-state index >= 15 is 0 Å². The summed E-state index contributed by atoms with van der Waals surface area (Å²) in [5.74, 6) is 0.882. The number of Topliss-reactive ketones (excluding diaryl/α,β-unsaturated/α-hetero) is 1. The van der Waals surface area contributed by atoms with Gasteiger partial charge in [0.2, 0.25) is 0 Å². The molecule has 0 unspecified atom stereocenters. The standard InChI is InChI=1S/C16H28O2/c17-15(11-10-14-8-4-3-5-9-14)16(18)12-6-1-2-7-13-16/h14,18H,1-13H2. The lowest BCUT2D eigenvalue weighted by Crippen LogP contribution is -2.38. The van der Waals surface area contributed by atoms with Gasteiger partial charge in [-0.05, 0) is 25.2 Å². The molecular weight excluding hydrogens is 224 g/mol. The lowest BCUT2D eigenvalue weighted by molar-refractivity contribution is -0.139. The number of carbonyl (C=O) groups excluding carboxylic acids is 1. The minimum Gasteiger partial charge on any atom is -0.382 e. The normalized spacial score (nSPS) is 25.6. The zero-order valence-electron chi connectivity index (χ0n) is 11.6. The Kier molecular flexibility index (Phi) is 5.23. The number of carbonyl (C=O) groups is 1. The van der Waals surface area contributed by atoms with Crippen LogP contribution in [0.4, 0.5) is 0 Å². The molecule has 0 atom stereocenters. The van der Waals surface area contributed by atoms with Gasteiger partial charge < -0.3 is 5.11 Å². The first-order valence-electron chi connectivity index (χ1n) is 7.96.